The molecule has 0 spiro atoms. The summed E-state index contributed by atoms with van der Waals surface area (Å²) in [5, 5.41) is 0.886. The number of carbonyl (C=O) groups is 2. The number of hydrogen-bond donors (Lipinski definition) is 0. The summed E-state index contributed by atoms with van der Waals surface area (Å²) >= 11 is 12.2. The number of benzene rings is 2. The van der Waals surface area contributed by atoms with Gasteiger partial charge in [0.25, 0.3) is 0 Å². The Hall–Kier alpha value is -2.19. The van der Waals surface area contributed by atoms with Crippen molar-refractivity contribution in [3.05, 3.63) is 69.7 Å². The van der Waals surface area contributed by atoms with Crippen molar-refractivity contribution in [2.24, 2.45) is 0 Å². The van der Waals surface area contributed by atoms with Gasteiger partial charge in [-0.2, -0.15) is 4.31 Å². The number of hydrogen-bond acceptors (Lipinski definition) is 4. The molecule has 1 saturated heterocycles. The van der Waals surface area contributed by atoms with Crippen LogP contribution in [0.25, 0.3) is 6.08 Å². The van der Waals surface area contributed by atoms with E-state index in [1.807, 2.05) is 0 Å². The van der Waals surface area contributed by atoms with Gasteiger partial charge >= 0.3 is 0 Å². The molecule has 3 rings (SSSR count). The minimum Gasteiger partial charge on any atom is -0.337 e. The first-order chi connectivity index (χ1) is 14.2. The van der Waals surface area contributed by atoms with Crippen molar-refractivity contribution < 1.29 is 18.0 Å². The molecule has 1 amide bonds. The summed E-state index contributed by atoms with van der Waals surface area (Å²) in [5.41, 5.74) is 1.01. The highest BCUT2D eigenvalue weighted by atomic mass is 35.5. The molecule has 0 aliphatic carbocycles. The molecule has 0 bridgehead atoms. The minimum absolute atomic E-state index is 0.125. The van der Waals surface area contributed by atoms with Crippen LogP contribution in [0.4, 0.5) is 0 Å². The summed E-state index contributed by atoms with van der Waals surface area (Å²) in [6.45, 7) is 2.33. The maximum atomic E-state index is 12.8. The number of rotatable bonds is 5. The Bertz CT molecular complexity index is 1070. The second kappa shape index (κ2) is 9.31. The molecular weight excluding hydrogens is 447 g/mol. The van der Waals surface area contributed by atoms with Crippen LogP contribution in [0.15, 0.2) is 53.4 Å². The third-order valence-electron chi connectivity index (χ3n) is 4.84. The van der Waals surface area contributed by atoms with E-state index in [0.717, 1.165) is 0 Å². The maximum Gasteiger partial charge on any atom is 0.246 e. The monoisotopic (exact) mass is 466 g/mol. The van der Waals surface area contributed by atoms with Crippen molar-refractivity contribution in [3.8, 4) is 0 Å². The number of ketones is 1. The van der Waals surface area contributed by atoms with Crippen LogP contribution in [-0.2, 0) is 14.8 Å². The van der Waals surface area contributed by atoms with Gasteiger partial charge in [-0.1, -0.05) is 41.4 Å². The molecule has 2 aromatic carbocycles. The van der Waals surface area contributed by atoms with Gasteiger partial charge in [-0.15, -0.1) is 0 Å². The van der Waals surface area contributed by atoms with Gasteiger partial charge < -0.3 is 4.90 Å². The third-order valence-corrected chi connectivity index (χ3v) is 7.41. The summed E-state index contributed by atoms with van der Waals surface area (Å²) in [5.74, 6) is -0.369. The normalized spacial score (nSPS) is 15.5. The highest BCUT2D eigenvalue weighted by Crippen LogP contribution is 2.25. The summed E-state index contributed by atoms with van der Waals surface area (Å²) in [4.78, 5) is 25.5. The summed E-state index contributed by atoms with van der Waals surface area (Å²) in [6.07, 6.45) is 2.95. The molecule has 1 aliphatic rings. The van der Waals surface area contributed by atoms with Crippen LogP contribution < -0.4 is 0 Å². The molecule has 30 heavy (non-hydrogen) atoms. The fourth-order valence-corrected chi connectivity index (χ4v) is 5.04. The quantitative estimate of drug-likeness (QED) is 0.496. The Morgan fingerprint density at radius 3 is 2.03 bits per heavy atom. The highest BCUT2D eigenvalue weighted by Gasteiger charge is 2.29. The fourth-order valence-electron chi connectivity index (χ4n) is 3.09. The van der Waals surface area contributed by atoms with Gasteiger partial charge in [0.15, 0.2) is 5.78 Å². The molecule has 2 aromatic rings. The van der Waals surface area contributed by atoms with Crippen LogP contribution in [-0.4, -0.2) is 55.5 Å². The molecule has 0 aromatic heterocycles. The van der Waals surface area contributed by atoms with E-state index < -0.39 is 10.0 Å². The number of nitrogens with zero attached hydrogens (tertiary/aromatic N) is 2. The van der Waals surface area contributed by atoms with Crippen molar-refractivity contribution in [1.82, 2.24) is 9.21 Å². The van der Waals surface area contributed by atoms with Crippen molar-refractivity contribution >= 4 is 51.0 Å². The molecule has 6 nitrogen and oxygen atoms in total. The van der Waals surface area contributed by atoms with Crippen LogP contribution in [0.3, 0.4) is 0 Å². The van der Waals surface area contributed by atoms with E-state index in [9.17, 15) is 18.0 Å². The Labute approximate surface area is 185 Å². The van der Waals surface area contributed by atoms with Gasteiger partial charge in [-0.3, -0.25) is 9.59 Å². The topological polar surface area (TPSA) is 74.8 Å². The second-order valence-electron chi connectivity index (χ2n) is 6.78. The molecule has 0 atom stereocenters. The fraction of sp³-hybridized carbons (Fsp3) is 0.238. The summed E-state index contributed by atoms with van der Waals surface area (Å²) in [7, 11) is -3.69. The summed E-state index contributed by atoms with van der Waals surface area (Å²) in [6, 6.07) is 10.9. The highest BCUT2D eigenvalue weighted by molar-refractivity contribution is 7.89. The van der Waals surface area contributed by atoms with E-state index in [0.29, 0.717) is 21.2 Å². The predicted octanol–water partition coefficient (Wildman–Crippen LogP) is 3.74. The van der Waals surface area contributed by atoms with Gasteiger partial charge in [0, 0.05) is 53.4 Å². The van der Waals surface area contributed by atoms with Crippen LogP contribution >= 0.6 is 23.2 Å². The zero-order chi connectivity index (χ0) is 21.9. The molecular formula is C21H20Cl2N2O4S. The van der Waals surface area contributed by atoms with Crippen molar-refractivity contribution in [3.63, 3.8) is 0 Å². The van der Waals surface area contributed by atoms with Gasteiger partial charge in [0.2, 0.25) is 15.9 Å². The smallest absolute Gasteiger partial charge is 0.246 e. The van der Waals surface area contributed by atoms with Gasteiger partial charge in [-0.05, 0) is 37.3 Å². The lowest BCUT2D eigenvalue weighted by Gasteiger charge is -2.33. The lowest BCUT2D eigenvalue weighted by atomic mass is 10.2. The number of Topliss-reactive ketones (excluding diaryl/α,β-unsaturated/α-hetero) is 1. The third kappa shape index (κ3) is 4.92. The van der Waals surface area contributed by atoms with Crippen molar-refractivity contribution in [1.29, 1.82) is 0 Å². The van der Waals surface area contributed by atoms with E-state index in [2.05, 4.69) is 0 Å². The van der Waals surface area contributed by atoms with Gasteiger partial charge in [0.1, 0.15) is 0 Å². The lowest BCUT2D eigenvalue weighted by molar-refractivity contribution is -0.127. The van der Waals surface area contributed by atoms with E-state index >= 15 is 0 Å². The molecule has 1 aliphatic heterocycles. The van der Waals surface area contributed by atoms with Crippen LogP contribution in [0, 0.1) is 0 Å². The minimum atomic E-state index is -3.69. The van der Waals surface area contributed by atoms with E-state index in [1.54, 1.807) is 29.2 Å². The van der Waals surface area contributed by atoms with E-state index in [4.69, 9.17) is 23.2 Å². The number of carbonyl (C=O) groups excluding carboxylic acids is 2. The number of sulfonamides is 1. The molecule has 9 heteroatoms. The first-order valence-electron chi connectivity index (χ1n) is 9.22. The van der Waals surface area contributed by atoms with Crippen molar-refractivity contribution in [2.45, 2.75) is 11.8 Å². The SMILES string of the molecule is CC(=O)c1ccc(S(=O)(=O)N2CCN(C(=O)/C=C/c3c(Cl)cccc3Cl)CC2)cc1. The second-order valence-corrected chi connectivity index (χ2v) is 9.53. The molecule has 0 unspecified atom stereocenters. The van der Waals surface area contributed by atoms with E-state index in [1.165, 1.54) is 41.6 Å². The Kier molecular flexibility index (Phi) is 6.98. The predicted molar refractivity (Wildman–Crippen MR) is 117 cm³/mol. The zero-order valence-corrected chi connectivity index (χ0v) is 18.5. The van der Waals surface area contributed by atoms with Gasteiger partial charge in [-0.25, -0.2) is 8.42 Å². The average molecular weight is 467 g/mol. The molecule has 0 saturated carbocycles. The molecule has 0 radical (unpaired) electrons. The number of halogens is 2. The molecule has 1 heterocycles. The molecule has 158 valence electrons. The molecule has 0 N–H and O–H groups in total. The Morgan fingerprint density at radius 2 is 1.50 bits per heavy atom. The van der Waals surface area contributed by atoms with E-state index in [-0.39, 0.29) is 42.8 Å². The summed E-state index contributed by atoms with van der Waals surface area (Å²) < 4.78 is 27.0. The average Bonchev–Trinajstić information content (AvgIpc) is 2.73. The largest absolute Gasteiger partial charge is 0.337 e. The van der Waals surface area contributed by atoms with Crippen LogP contribution in [0.1, 0.15) is 22.8 Å². The van der Waals surface area contributed by atoms with Crippen LogP contribution in [0.2, 0.25) is 10.0 Å². The van der Waals surface area contributed by atoms with Crippen LogP contribution in [0.5, 0.6) is 0 Å². The Morgan fingerprint density at radius 1 is 0.933 bits per heavy atom. The van der Waals surface area contributed by atoms with Crippen molar-refractivity contribution in [2.75, 3.05) is 26.2 Å². The zero-order valence-electron chi connectivity index (χ0n) is 16.2. The molecule has 1 fully saturated rings. The van der Waals surface area contributed by atoms with Gasteiger partial charge in [0.05, 0.1) is 4.90 Å². The maximum absolute atomic E-state index is 12.8. The first-order valence-corrected chi connectivity index (χ1v) is 11.4. The standard InChI is InChI=1S/C21H20Cl2N2O4S/c1-15(26)16-5-7-17(8-6-16)30(28,29)25-13-11-24(12-14-25)21(27)10-9-18-19(22)3-2-4-20(18)23/h2-10H,11-14H2,1H3/b10-9+. The number of piperazine rings is 1. The lowest BCUT2D eigenvalue weighted by Crippen LogP contribution is -2.50. The number of amides is 1. The Balaban J connectivity index is 1.64. The first kappa shape index (κ1) is 22.5.